The Morgan fingerprint density at radius 1 is 1.30 bits per heavy atom. The fourth-order valence-electron chi connectivity index (χ4n) is 3.03. The monoisotopic (exact) mass is 285 g/mol. The van der Waals surface area contributed by atoms with Gasteiger partial charge in [-0.2, -0.15) is 0 Å². The fraction of sp³-hybridized carbons (Fsp3) is 1.00. The Morgan fingerprint density at radius 3 is 2.70 bits per heavy atom. The van der Waals surface area contributed by atoms with Crippen molar-refractivity contribution >= 4 is 0 Å². The molecule has 20 heavy (non-hydrogen) atoms. The Bertz CT molecular complexity index is 247. The third-order valence-electron chi connectivity index (χ3n) is 4.57. The van der Waals surface area contributed by atoms with Crippen molar-refractivity contribution in [3.05, 3.63) is 0 Å². The molecule has 3 nitrogen and oxygen atoms in total. The van der Waals surface area contributed by atoms with Gasteiger partial charge in [-0.1, -0.05) is 40.0 Å². The first-order chi connectivity index (χ1) is 9.51. The van der Waals surface area contributed by atoms with E-state index in [2.05, 4.69) is 33.0 Å². The average molecular weight is 285 g/mol. The summed E-state index contributed by atoms with van der Waals surface area (Å²) in [5, 5.41) is 13.4. The van der Waals surface area contributed by atoms with Crippen LogP contribution in [0, 0.1) is 11.8 Å². The highest BCUT2D eigenvalue weighted by atomic mass is 16.5. The summed E-state index contributed by atoms with van der Waals surface area (Å²) in [6.45, 7) is 10.1. The maximum absolute atomic E-state index is 10.00. The van der Waals surface area contributed by atoms with E-state index in [0.717, 1.165) is 24.7 Å². The Morgan fingerprint density at radius 2 is 2.05 bits per heavy atom. The summed E-state index contributed by atoms with van der Waals surface area (Å²) < 4.78 is 5.86. The van der Waals surface area contributed by atoms with Gasteiger partial charge >= 0.3 is 0 Å². The standard InChI is InChI=1S/C17H35NO2/c1-5-13(2)9-15(4)18-11-16(19)12-20-17-8-6-7-14(3)10-17/h13-19H,5-12H2,1-4H3. The molecular weight excluding hydrogens is 250 g/mol. The van der Waals surface area contributed by atoms with Crippen molar-refractivity contribution in [2.75, 3.05) is 13.2 Å². The Balaban J connectivity index is 2.09. The summed E-state index contributed by atoms with van der Waals surface area (Å²) in [6.07, 6.45) is 7.29. The molecule has 1 aliphatic rings. The van der Waals surface area contributed by atoms with Crippen molar-refractivity contribution in [3.63, 3.8) is 0 Å². The van der Waals surface area contributed by atoms with Gasteiger partial charge in [-0.05, 0) is 38.0 Å². The number of rotatable bonds is 9. The van der Waals surface area contributed by atoms with Gasteiger partial charge in [0, 0.05) is 12.6 Å². The molecule has 0 amide bonds. The largest absolute Gasteiger partial charge is 0.389 e. The molecule has 0 bridgehead atoms. The van der Waals surface area contributed by atoms with Crippen molar-refractivity contribution in [2.45, 2.75) is 84.5 Å². The summed E-state index contributed by atoms with van der Waals surface area (Å²) in [7, 11) is 0. The van der Waals surface area contributed by atoms with E-state index in [9.17, 15) is 5.11 Å². The summed E-state index contributed by atoms with van der Waals surface area (Å²) >= 11 is 0. The van der Waals surface area contributed by atoms with Crippen LogP contribution in [0.4, 0.5) is 0 Å². The molecule has 0 radical (unpaired) electrons. The highest BCUT2D eigenvalue weighted by Gasteiger charge is 2.20. The second-order valence-electron chi connectivity index (χ2n) is 6.94. The van der Waals surface area contributed by atoms with E-state index in [1.54, 1.807) is 0 Å². The molecule has 120 valence electrons. The molecular formula is C17H35NO2. The SMILES string of the molecule is CCC(C)CC(C)NCC(O)COC1CCCC(C)C1. The van der Waals surface area contributed by atoms with Crippen LogP contribution in [0.25, 0.3) is 0 Å². The highest BCUT2D eigenvalue weighted by molar-refractivity contribution is 4.72. The Kier molecular flexibility index (Phi) is 8.74. The molecule has 0 heterocycles. The number of aliphatic hydroxyl groups is 1. The number of nitrogens with one attached hydrogen (secondary N) is 1. The van der Waals surface area contributed by atoms with Crippen LogP contribution in [0.15, 0.2) is 0 Å². The van der Waals surface area contributed by atoms with Crippen molar-refractivity contribution in [1.82, 2.24) is 5.32 Å². The first-order valence-corrected chi connectivity index (χ1v) is 8.54. The molecule has 0 saturated heterocycles. The molecule has 2 N–H and O–H groups in total. The second kappa shape index (κ2) is 9.75. The topological polar surface area (TPSA) is 41.5 Å². The average Bonchev–Trinajstić information content (AvgIpc) is 2.42. The third-order valence-corrected chi connectivity index (χ3v) is 4.57. The molecule has 1 fully saturated rings. The third kappa shape index (κ3) is 7.61. The van der Waals surface area contributed by atoms with Crippen molar-refractivity contribution in [1.29, 1.82) is 0 Å². The molecule has 1 aliphatic carbocycles. The maximum Gasteiger partial charge on any atom is 0.0897 e. The lowest BCUT2D eigenvalue weighted by molar-refractivity contribution is -0.0311. The molecule has 5 unspecified atom stereocenters. The predicted molar refractivity (Wildman–Crippen MR) is 84.9 cm³/mol. The molecule has 0 aliphatic heterocycles. The lowest BCUT2D eigenvalue weighted by atomic mass is 9.89. The van der Waals surface area contributed by atoms with Gasteiger partial charge in [-0.25, -0.2) is 0 Å². The van der Waals surface area contributed by atoms with Gasteiger partial charge in [-0.15, -0.1) is 0 Å². The molecule has 0 aromatic rings. The number of hydrogen-bond donors (Lipinski definition) is 2. The van der Waals surface area contributed by atoms with Gasteiger partial charge in [0.2, 0.25) is 0 Å². The predicted octanol–water partition coefficient (Wildman–Crippen LogP) is 3.36. The van der Waals surface area contributed by atoms with Crippen molar-refractivity contribution in [3.8, 4) is 0 Å². The maximum atomic E-state index is 10.00. The van der Waals surface area contributed by atoms with E-state index in [1.807, 2.05) is 0 Å². The van der Waals surface area contributed by atoms with Crippen LogP contribution in [-0.2, 0) is 4.74 Å². The minimum atomic E-state index is -0.383. The minimum Gasteiger partial charge on any atom is -0.389 e. The summed E-state index contributed by atoms with van der Waals surface area (Å²) in [5.74, 6) is 1.52. The first-order valence-electron chi connectivity index (χ1n) is 8.54. The summed E-state index contributed by atoms with van der Waals surface area (Å²) in [4.78, 5) is 0. The number of aliphatic hydroxyl groups excluding tert-OH is 1. The van der Waals surface area contributed by atoms with E-state index >= 15 is 0 Å². The molecule has 5 atom stereocenters. The van der Waals surface area contributed by atoms with Crippen LogP contribution in [0.5, 0.6) is 0 Å². The molecule has 3 heteroatoms. The molecule has 0 aromatic heterocycles. The Labute approximate surface area is 125 Å². The van der Waals surface area contributed by atoms with Gasteiger partial charge in [0.05, 0.1) is 18.8 Å². The van der Waals surface area contributed by atoms with Crippen LogP contribution >= 0.6 is 0 Å². The van der Waals surface area contributed by atoms with E-state index in [4.69, 9.17) is 4.74 Å². The molecule has 1 rings (SSSR count). The van der Waals surface area contributed by atoms with Crippen LogP contribution in [0.3, 0.4) is 0 Å². The van der Waals surface area contributed by atoms with Crippen molar-refractivity contribution in [2.24, 2.45) is 11.8 Å². The van der Waals surface area contributed by atoms with Crippen LogP contribution < -0.4 is 5.32 Å². The number of ether oxygens (including phenoxy) is 1. The normalized spacial score (nSPS) is 28.1. The van der Waals surface area contributed by atoms with E-state index in [-0.39, 0.29) is 6.10 Å². The van der Waals surface area contributed by atoms with Crippen molar-refractivity contribution < 1.29 is 9.84 Å². The quantitative estimate of drug-likeness (QED) is 0.682. The molecule has 0 spiro atoms. The molecule has 0 aromatic carbocycles. The first kappa shape index (κ1) is 17.9. The van der Waals surface area contributed by atoms with Gasteiger partial charge in [0.15, 0.2) is 0 Å². The van der Waals surface area contributed by atoms with Crippen LogP contribution in [-0.4, -0.2) is 36.5 Å². The van der Waals surface area contributed by atoms with Crippen LogP contribution in [0.1, 0.15) is 66.2 Å². The van der Waals surface area contributed by atoms with E-state index in [1.165, 1.54) is 25.7 Å². The molecule has 1 saturated carbocycles. The van der Waals surface area contributed by atoms with Gasteiger partial charge in [-0.3, -0.25) is 0 Å². The van der Waals surface area contributed by atoms with E-state index in [0.29, 0.717) is 25.3 Å². The lowest BCUT2D eigenvalue weighted by Crippen LogP contribution is -2.37. The zero-order chi connectivity index (χ0) is 15.0. The highest BCUT2D eigenvalue weighted by Crippen LogP contribution is 2.25. The number of hydrogen-bond acceptors (Lipinski definition) is 3. The van der Waals surface area contributed by atoms with Gasteiger partial charge < -0.3 is 15.2 Å². The van der Waals surface area contributed by atoms with Crippen LogP contribution in [0.2, 0.25) is 0 Å². The lowest BCUT2D eigenvalue weighted by Gasteiger charge is -2.28. The second-order valence-corrected chi connectivity index (χ2v) is 6.94. The smallest absolute Gasteiger partial charge is 0.0897 e. The van der Waals surface area contributed by atoms with E-state index < -0.39 is 0 Å². The summed E-state index contributed by atoms with van der Waals surface area (Å²) in [5.41, 5.74) is 0. The Hall–Kier alpha value is -0.120. The zero-order valence-electron chi connectivity index (χ0n) is 13.9. The minimum absolute atomic E-state index is 0.367. The van der Waals surface area contributed by atoms with Gasteiger partial charge in [0.1, 0.15) is 0 Å². The summed E-state index contributed by atoms with van der Waals surface area (Å²) in [6, 6.07) is 0.467. The fourth-order valence-corrected chi connectivity index (χ4v) is 3.03. The van der Waals surface area contributed by atoms with Gasteiger partial charge in [0.25, 0.3) is 0 Å². The zero-order valence-corrected chi connectivity index (χ0v) is 13.9.